The molecule has 1 aromatic carbocycles. The zero-order chi connectivity index (χ0) is 15.9. The maximum atomic E-state index is 11.7. The molecule has 2 rings (SSSR count). The van der Waals surface area contributed by atoms with Crippen molar-refractivity contribution in [2.45, 2.75) is 12.8 Å². The predicted octanol–water partition coefficient (Wildman–Crippen LogP) is 2.87. The highest BCUT2D eigenvalue weighted by molar-refractivity contribution is 9.10. The lowest BCUT2D eigenvalue weighted by atomic mass is 10.2. The van der Waals surface area contributed by atoms with Crippen molar-refractivity contribution in [2.24, 2.45) is 7.05 Å². The van der Waals surface area contributed by atoms with Gasteiger partial charge in [-0.2, -0.15) is 5.10 Å². The summed E-state index contributed by atoms with van der Waals surface area (Å²) in [4.78, 5) is 14.0. The molecule has 0 unspecified atom stereocenters. The molecule has 0 atom stereocenters. The highest BCUT2D eigenvalue weighted by Crippen LogP contribution is 2.16. The molecular formula is C16H21BrN4O. The molecule has 0 fully saturated rings. The molecule has 22 heavy (non-hydrogen) atoms. The molecule has 1 N–H and O–H groups in total. The van der Waals surface area contributed by atoms with Gasteiger partial charge in [0.1, 0.15) is 4.47 Å². The molecule has 0 aliphatic rings. The SMILES string of the molecule is CN(CCCCNc1cnn(C)c(=O)c1Br)c1ccccc1. The molecule has 118 valence electrons. The van der Waals surface area contributed by atoms with Gasteiger partial charge in [-0.15, -0.1) is 0 Å². The van der Waals surface area contributed by atoms with Crippen molar-refractivity contribution >= 4 is 27.3 Å². The van der Waals surface area contributed by atoms with Crippen molar-refractivity contribution in [3.8, 4) is 0 Å². The summed E-state index contributed by atoms with van der Waals surface area (Å²) in [5, 5.41) is 7.26. The van der Waals surface area contributed by atoms with Gasteiger partial charge < -0.3 is 10.2 Å². The maximum Gasteiger partial charge on any atom is 0.282 e. The lowest BCUT2D eigenvalue weighted by Crippen LogP contribution is -2.22. The van der Waals surface area contributed by atoms with Crippen molar-refractivity contribution in [2.75, 3.05) is 30.4 Å². The summed E-state index contributed by atoms with van der Waals surface area (Å²) >= 11 is 3.31. The Hall–Kier alpha value is -1.82. The summed E-state index contributed by atoms with van der Waals surface area (Å²) in [5.41, 5.74) is 1.85. The topological polar surface area (TPSA) is 50.2 Å². The van der Waals surface area contributed by atoms with Gasteiger partial charge in [0.15, 0.2) is 0 Å². The molecule has 0 spiro atoms. The molecular weight excluding hydrogens is 344 g/mol. The van der Waals surface area contributed by atoms with Crippen LogP contribution in [0.2, 0.25) is 0 Å². The number of anilines is 2. The van der Waals surface area contributed by atoms with Gasteiger partial charge in [0.2, 0.25) is 0 Å². The largest absolute Gasteiger partial charge is 0.383 e. The molecule has 0 aliphatic heterocycles. The molecule has 1 aromatic heterocycles. The first-order valence-corrected chi connectivity index (χ1v) is 8.11. The smallest absolute Gasteiger partial charge is 0.282 e. The van der Waals surface area contributed by atoms with Crippen LogP contribution in [0.4, 0.5) is 11.4 Å². The van der Waals surface area contributed by atoms with Crippen molar-refractivity contribution in [3.63, 3.8) is 0 Å². The summed E-state index contributed by atoms with van der Waals surface area (Å²) in [6.07, 6.45) is 3.77. The van der Waals surface area contributed by atoms with E-state index < -0.39 is 0 Å². The van der Waals surface area contributed by atoms with E-state index >= 15 is 0 Å². The van der Waals surface area contributed by atoms with Gasteiger partial charge in [-0.25, -0.2) is 4.68 Å². The van der Waals surface area contributed by atoms with Gasteiger partial charge in [0.05, 0.1) is 11.9 Å². The van der Waals surface area contributed by atoms with Crippen LogP contribution in [0, 0.1) is 0 Å². The molecule has 6 heteroatoms. The highest BCUT2D eigenvalue weighted by Gasteiger charge is 2.06. The average molecular weight is 365 g/mol. The van der Waals surface area contributed by atoms with E-state index in [0.29, 0.717) is 4.47 Å². The molecule has 0 saturated carbocycles. The van der Waals surface area contributed by atoms with Crippen LogP contribution in [-0.4, -0.2) is 29.9 Å². The second kappa shape index (κ2) is 7.98. The lowest BCUT2D eigenvalue weighted by molar-refractivity contribution is 0.700. The Labute approximate surface area is 139 Å². The van der Waals surface area contributed by atoms with Gasteiger partial charge in [-0.3, -0.25) is 4.79 Å². The Morgan fingerprint density at radius 3 is 2.73 bits per heavy atom. The van der Waals surface area contributed by atoms with Crippen LogP contribution in [0.1, 0.15) is 12.8 Å². The Balaban J connectivity index is 1.74. The quantitative estimate of drug-likeness (QED) is 0.767. The van der Waals surface area contributed by atoms with E-state index in [4.69, 9.17) is 0 Å². The number of para-hydroxylation sites is 1. The monoisotopic (exact) mass is 364 g/mol. The molecule has 1 heterocycles. The first-order valence-electron chi connectivity index (χ1n) is 7.31. The number of nitrogens with zero attached hydrogens (tertiary/aromatic N) is 3. The first-order chi connectivity index (χ1) is 10.6. The number of rotatable bonds is 7. The molecule has 2 aromatic rings. The fraction of sp³-hybridized carbons (Fsp3) is 0.375. The highest BCUT2D eigenvalue weighted by atomic mass is 79.9. The molecule has 0 radical (unpaired) electrons. The number of hydrogen-bond acceptors (Lipinski definition) is 4. The minimum Gasteiger partial charge on any atom is -0.383 e. The van der Waals surface area contributed by atoms with Crippen molar-refractivity contribution in [3.05, 3.63) is 51.4 Å². The number of unbranched alkanes of at least 4 members (excludes halogenated alkanes) is 1. The number of aromatic nitrogens is 2. The molecule has 5 nitrogen and oxygen atoms in total. The Morgan fingerprint density at radius 2 is 2.00 bits per heavy atom. The van der Waals surface area contributed by atoms with E-state index in [9.17, 15) is 4.79 Å². The normalized spacial score (nSPS) is 10.5. The Kier molecular flexibility index (Phi) is 6.00. The summed E-state index contributed by atoms with van der Waals surface area (Å²) in [5.74, 6) is 0. The first kappa shape index (κ1) is 16.5. The molecule has 0 bridgehead atoms. The number of halogens is 1. The summed E-state index contributed by atoms with van der Waals surface area (Å²) in [6, 6.07) is 10.3. The fourth-order valence-corrected chi connectivity index (χ4v) is 2.64. The van der Waals surface area contributed by atoms with Crippen LogP contribution in [0.15, 0.2) is 45.8 Å². The van der Waals surface area contributed by atoms with Gasteiger partial charge in [0.25, 0.3) is 5.56 Å². The Morgan fingerprint density at radius 1 is 1.27 bits per heavy atom. The van der Waals surface area contributed by atoms with E-state index in [1.165, 1.54) is 10.4 Å². The molecule has 0 saturated heterocycles. The van der Waals surface area contributed by atoms with Crippen molar-refractivity contribution in [1.82, 2.24) is 9.78 Å². The average Bonchev–Trinajstić information content (AvgIpc) is 2.55. The molecule has 0 amide bonds. The van der Waals surface area contributed by atoms with Crippen LogP contribution >= 0.6 is 15.9 Å². The predicted molar refractivity (Wildman–Crippen MR) is 94.6 cm³/mol. The number of nitrogens with one attached hydrogen (secondary N) is 1. The van der Waals surface area contributed by atoms with Gasteiger partial charge in [0, 0.05) is 32.9 Å². The fourth-order valence-electron chi connectivity index (χ4n) is 2.14. The van der Waals surface area contributed by atoms with Gasteiger partial charge in [-0.05, 0) is 40.9 Å². The van der Waals surface area contributed by atoms with Crippen LogP contribution < -0.4 is 15.8 Å². The van der Waals surface area contributed by atoms with E-state index in [1.54, 1.807) is 13.2 Å². The third-order valence-corrected chi connectivity index (χ3v) is 4.28. The third kappa shape index (κ3) is 4.34. The minimum atomic E-state index is -0.131. The summed E-state index contributed by atoms with van der Waals surface area (Å²) < 4.78 is 1.84. The lowest BCUT2D eigenvalue weighted by Gasteiger charge is -2.19. The van der Waals surface area contributed by atoms with E-state index in [-0.39, 0.29) is 5.56 Å². The van der Waals surface area contributed by atoms with E-state index in [0.717, 1.165) is 31.6 Å². The van der Waals surface area contributed by atoms with Crippen LogP contribution in [-0.2, 0) is 7.05 Å². The van der Waals surface area contributed by atoms with Gasteiger partial charge in [-0.1, -0.05) is 18.2 Å². The zero-order valence-corrected chi connectivity index (χ0v) is 14.5. The second-order valence-corrected chi connectivity index (χ2v) is 5.98. The summed E-state index contributed by atoms with van der Waals surface area (Å²) in [7, 11) is 3.74. The van der Waals surface area contributed by atoms with Crippen LogP contribution in [0.3, 0.4) is 0 Å². The molecule has 0 aliphatic carbocycles. The third-order valence-electron chi connectivity index (χ3n) is 3.51. The second-order valence-electron chi connectivity index (χ2n) is 5.19. The maximum absolute atomic E-state index is 11.7. The standard InChI is InChI=1S/C16H21BrN4O/c1-20(13-8-4-3-5-9-13)11-7-6-10-18-14-12-19-21(2)16(22)15(14)17/h3-5,8-9,12,18H,6-7,10-11H2,1-2H3. The van der Waals surface area contributed by atoms with Crippen LogP contribution in [0.5, 0.6) is 0 Å². The minimum absolute atomic E-state index is 0.131. The Bertz CT molecular complexity index is 657. The number of benzene rings is 1. The van der Waals surface area contributed by atoms with Gasteiger partial charge >= 0.3 is 0 Å². The van der Waals surface area contributed by atoms with Crippen molar-refractivity contribution in [1.29, 1.82) is 0 Å². The van der Waals surface area contributed by atoms with E-state index in [2.05, 4.69) is 50.4 Å². The summed E-state index contributed by atoms with van der Waals surface area (Å²) in [6.45, 7) is 1.82. The van der Waals surface area contributed by atoms with E-state index in [1.807, 2.05) is 18.2 Å². The number of aryl methyl sites for hydroxylation is 1. The number of hydrogen-bond donors (Lipinski definition) is 1. The van der Waals surface area contributed by atoms with Crippen molar-refractivity contribution < 1.29 is 0 Å². The van der Waals surface area contributed by atoms with Crippen LogP contribution in [0.25, 0.3) is 0 Å². The zero-order valence-electron chi connectivity index (χ0n) is 12.9.